The van der Waals surface area contributed by atoms with Gasteiger partial charge in [-0.25, -0.2) is 0 Å². The number of nitrogens with zero attached hydrogens (tertiary/aromatic N) is 1. The van der Waals surface area contributed by atoms with E-state index in [9.17, 15) is 9.59 Å². The molecule has 0 aromatic heterocycles. The molecule has 1 saturated heterocycles. The van der Waals surface area contributed by atoms with E-state index in [4.69, 9.17) is 0 Å². The van der Waals surface area contributed by atoms with Crippen LogP contribution in [-0.2, 0) is 14.3 Å². The minimum absolute atomic E-state index is 0.0561. The average Bonchev–Trinajstić information content (AvgIpc) is 2.55. The lowest BCUT2D eigenvalue weighted by Crippen LogP contribution is -2.47. The van der Waals surface area contributed by atoms with E-state index in [1.807, 2.05) is 6.92 Å². The molecular weight excluding hydrogens is 244 g/mol. The van der Waals surface area contributed by atoms with Crippen LogP contribution in [-0.4, -0.2) is 49.6 Å². The number of rotatable bonds is 4. The van der Waals surface area contributed by atoms with Gasteiger partial charge in [0.15, 0.2) is 0 Å². The fourth-order valence-corrected chi connectivity index (χ4v) is 2.65. The van der Waals surface area contributed by atoms with Crippen LogP contribution >= 0.6 is 0 Å². The van der Waals surface area contributed by atoms with Crippen molar-refractivity contribution in [1.82, 2.24) is 10.2 Å². The fourth-order valence-electron chi connectivity index (χ4n) is 2.65. The van der Waals surface area contributed by atoms with E-state index >= 15 is 0 Å². The van der Waals surface area contributed by atoms with Gasteiger partial charge in [0, 0.05) is 6.54 Å². The largest absolute Gasteiger partial charge is 0.468 e. The van der Waals surface area contributed by atoms with Crippen LogP contribution in [0.2, 0.25) is 0 Å². The molecule has 5 heteroatoms. The van der Waals surface area contributed by atoms with Crippen LogP contribution in [0.25, 0.3) is 0 Å². The predicted molar refractivity (Wildman–Crippen MR) is 73.6 cm³/mol. The Hall–Kier alpha value is -1.10. The van der Waals surface area contributed by atoms with Gasteiger partial charge in [0.05, 0.1) is 13.2 Å². The summed E-state index contributed by atoms with van der Waals surface area (Å²) in [4.78, 5) is 25.2. The molecule has 5 nitrogen and oxygen atoms in total. The van der Waals surface area contributed by atoms with Gasteiger partial charge in [0.1, 0.15) is 6.54 Å². The minimum atomic E-state index is -0.418. The van der Waals surface area contributed by atoms with E-state index in [0.717, 1.165) is 19.5 Å². The molecule has 19 heavy (non-hydrogen) atoms. The highest BCUT2D eigenvalue weighted by Crippen LogP contribution is 2.22. The third-order valence-electron chi connectivity index (χ3n) is 3.82. The van der Waals surface area contributed by atoms with Gasteiger partial charge in [0.25, 0.3) is 0 Å². The second-order valence-electron chi connectivity index (χ2n) is 5.70. The van der Waals surface area contributed by atoms with Crippen molar-refractivity contribution in [2.45, 2.75) is 39.7 Å². The molecule has 1 rings (SSSR count). The van der Waals surface area contributed by atoms with E-state index in [2.05, 4.69) is 28.8 Å². The Morgan fingerprint density at radius 3 is 2.68 bits per heavy atom. The van der Waals surface area contributed by atoms with Crippen molar-refractivity contribution in [2.75, 3.05) is 26.7 Å². The number of nitrogens with one attached hydrogen (secondary N) is 1. The molecule has 1 fully saturated rings. The second-order valence-corrected chi connectivity index (χ2v) is 5.70. The normalized spacial score (nSPS) is 26.3. The molecule has 0 spiro atoms. The van der Waals surface area contributed by atoms with Gasteiger partial charge < -0.3 is 10.1 Å². The van der Waals surface area contributed by atoms with Crippen molar-refractivity contribution in [3.8, 4) is 0 Å². The van der Waals surface area contributed by atoms with E-state index in [0.29, 0.717) is 11.8 Å². The van der Waals surface area contributed by atoms with Crippen molar-refractivity contribution in [2.24, 2.45) is 11.8 Å². The number of hydrogen-bond acceptors (Lipinski definition) is 4. The number of likely N-dealkylation sites (tertiary alicyclic amines) is 1. The van der Waals surface area contributed by atoms with Crippen LogP contribution < -0.4 is 5.32 Å². The first-order chi connectivity index (χ1) is 8.93. The molecule has 3 atom stereocenters. The first-order valence-corrected chi connectivity index (χ1v) is 7.02. The lowest BCUT2D eigenvalue weighted by Gasteiger charge is -2.28. The molecule has 0 aromatic carbocycles. The van der Waals surface area contributed by atoms with Crippen LogP contribution in [0.1, 0.15) is 33.6 Å². The van der Waals surface area contributed by atoms with Crippen molar-refractivity contribution >= 4 is 11.9 Å². The molecule has 0 saturated carbocycles. The smallest absolute Gasteiger partial charge is 0.325 e. The molecule has 1 heterocycles. The number of methoxy groups -OCH3 is 1. The zero-order valence-electron chi connectivity index (χ0n) is 12.4. The number of esters is 1. The third kappa shape index (κ3) is 5.19. The van der Waals surface area contributed by atoms with E-state index in [-0.39, 0.29) is 18.5 Å². The maximum Gasteiger partial charge on any atom is 0.325 e. The van der Waals surface area contributed by atoms with Gasteiger partial charge in [0.2, 0.25) is 5.91 Å². The summed E-state index contributed by atoms with van der Waals surface area (Å²) in [6, 6.07) is -0.197. The van der Waals surface area contributed by atoms with Crippen molar-refractivity contribution in [3.05, 3.63) is 0 Å². The van der Waals surface area contributed by atoms with Gasteiger partial charge in [-0.05, 0) is 38.1 Å². The summed E-state index contributed by atoms with van der Waals surface area (Å²) in [7, 11) is 1.32. The summed E-state index contributed by atoms with van der Waals surface area (Å²) in [5.74, 6) is 0.796. The van der Waals surface area contributed by atoms with Crippen LogP contribution in [0.3, 0.4) is 0 Å². The van der Waals surface area contributed by atoms with Crippen LogP contribution in [0.5, 0.6) is 0 Å². The van der Waals surface area contributed by atoms with Crippen molar-refractivity contribution < 1.29 is 14.3 Å². The molecule has 110 valence electrons. The predicted octanol–water partition coefficient (Wildman–Crippen LogP) is 1.03. The maximum absolute atomic E-state index is 12.0. The zero-order chi connectivity index (χ0) is 14.4. The van der Waals surface area contributed by atoms with Crippen molar-refractivity contribution in [1.29, 1.82) is 0 Å². The molecule has 1 aliphatic rings. The van der Waals surface area contributed by atoms with E-state index in [1.165, 1.54) is 13.5 Å². The fraction of sp³-hybridized carbons (Fsp3) is 0.857. The summed E-state index contributed by atoms with van der Waals surface area (Å²) < 4.78 is 4.51. The highest BCUT2D eigenvalue weighted by Gasteiger charge is 2.26. The van der Waals surface area contributed by atoms with Crippen molar-refractivity contribution in [3.63, 3.8) is 0 Å². The zero-order valence-corrected chi connectivity index (χ0v) is 12.4. The Kier molecular flexibility index (Phi) is 6.28. The highest BCUT2D eigenvalue weighted by atomic mass is 16.5. The Morgan fingerprint density at radius 2 is 2.05 bits per heavy atom. The number of amides is 1. The standard InChI is InChI=1S/C14H26N2O3/c1-10-5-6-16(9-11(2)7-10)12(3)14(18)15-8-13(17)19-4/h10-12H,5-9H2,1-4H3,(H,15,18)/t10-,11+,12+/m1/s1. The molecule has 1 amide bonds. The summed E-state index contributed by atoms with van der Waals surface area (Å²) in [6.07, 6.45) is 2.34. The molecule has 0 bridgehead atoms. The Labute approximate surface area is 115 Å². The molecule has 1 N–H and O–H groups in total. The molecule has 0 aliphatic carbocycles. The maximum atomic E-state index is 12.0. The van der Waals surface area contributed by atoms with E-state index < -0.39 is 5.97 Å². The molecule has 0 aromatic rings. The third-order valence-corrected chi connectivity index (χ3v) is 3.82. The lowest BCUT2D eigenvalue weighted by molar-refractivity contribution is -0.141. The van der Waals surface area contributed by atoms with Gasteiger partial charge in [-0.1, -0.05) is 13.8 Å². The summed E-state index contributed by atoms with van der Waals surface area (Å²) in [6.45, 7) is 8.22. The number of carbonyl (C=O) groups excluding carboxylic acids is 2. The lowest BCUT2D eigenvalue weighted by atomic mass is 9.97. The van der Waals surface area contributed by atoms with Gasteiger partial charge in [-0.15, -0.1) is 0 Å². The Balaban J connectivity index is 2.48. The quantitative estimate of drug-likeness (QED) is 0.775. The van der Waals surface area contributed by atoms with Crippen LogP contribution in [0.15, 0.2) is 0 Å². The average molecular weight is 270 g/mol. The highest BCUT2D eigenvalue weighted by molar-refractivity contribution is 5.85. The monoisotopic (exact) mass is 270 g/mol. The molecule has 0 unspecified atom stereocenters. The van der Waals surface area contributed by atoms with Crippen LogP contribution in [0, 0.1) is 11.8 Å². The minimum Gasteiger partial charge on any atom is -0.468 e. The SMILES string of the molecule is COC(=O)CNC(=O)[C@H](C)N1CC[C@@H](C)C[C@H](C)C1. The Bertz CT molecular complexity index is 320. The first kappa shape index (κ1) is 16.0. The molecule has 0 radical (unpaired) electrons. The number of ether oxygens (including phenoxy) is 1. The summed E-state index contributed by atoms with van der Waals surface area (Å²) >= 11 is 0. The summed E-state index contributed by atoms with van der Waals surface area (Å²) in [5, 5.41) is 2.62. The van der Waals surface area contributed by atoms with Gasteiger partial charge in [-0.2, -0.15) is 0 Å². The molecule has 1 aliphatic heterocycles. The second kappa shape index (κ2) is 7.48. The van der Waals surface area contributed by atoms with Gasteiger partial charge in [-0.3, -0.25) is 14.5 Å². The molecular formula is C14H26N2O3. The van der Waals surface area contributed by atoms with Gasteiger partial charge >= 0.3 is 5.97 Å². The van der Waals surface area contributed by atoms with E-state index in [1.54, 1.807) is 0 Å². The topological polar surface area (TPSA) is 58.6 Å². The Morgan fingerprint density at radius 1 is 1.37 bits per heavy atom. The summed E-state index contributed by atoms with van der Waals surface area (Å²) in [5.41, 5.74) is 0. The number of hydrogen-bond donors (Lipinski definition) is 1. The number of carbonyl (C=O) groups is 2. The first-order valence-electron chi connectivity index (χ1n) is 7.02. The van der Waals surface area contributed by atoms with Crippen LogP contribution in [0.4, 0.5) is 0 Å².